The number of anilines is 3. The minimum atomic E-state index is -0.733. The fourth-order valence-corrected chi connectivity index (χ4v) is 2.90. The zero-order chi connectivity index (χ0) is 29.2. The molecule has 0 amide bonds. The van der Waals surface area contributed by atoms with E-state index in [-0.39, 0.29) is 68.4 Å². The van der Waals surface area contributed by atoms with Crippen LogP contribution in [0.5, 0.6) is 0 Å². The molecule has 0 aromatic heterocycles. The van der Waals surface area contributed by atoms with Gasteiger partial charge in [0.05, 0.1) is 28.1 Å². The third kappa shape index (κ3) is 4.79. The first kappa shape index (κ1) is 12.7. The quantitative estimate of drug-likeness (QED) is 0.397. The van der Waals surface area contributed by atoms with E-state index in [9.17, 15) is 0 Å². The predicted octanol–water partition coefficient (Wildman–Crippen LogP) is 9.06. The van der Waals surface area contributed by atoms with Crippen molar-refractivity contribution in [1.29, 1.82) is 0 Å². The molecule has 0 N–H and O–H groups in total. The lowest BCUT2D eigenvalue weighted by Gasteiger charge is -2.28. The molecule has 0 aliphatic rings. The summed E-state index contributed by atoms with van der Waals surface area (Å²) >= 11 is 12.8. The lowest BCUT2D eigenvalue weighted by Crippen LogP contribution is -2.14. The lowest BCUT2D eigenvalue weighted by molar-refractivity contribution is 0.590. The molecule has 0 saturated heterocycles. The molecule has 0 spiro atoms. The summed E-state index contributed by atoms with van der Waals surface area (Å²) in [5.41, 5.74) is -1.85. The Balaban J connectivity index is 2.63. The largest absolute Gasteiger partial charge is 0.309 e. The van der Waals surface area contributed by atoms with Crippen molar-refractivity contribution in [3.63, 3.8) is 0 Å². The van der Waals surface area contributed by atoms with E-state index < -0.39 is 35.0 Å². The van der Waals surface area contributed by atoms with Crippen LogP contribution in [0.2, 0.25) is 10.0 Å². The zero-order valence-corrected chi connectivity index (χ0v) is 18.9. The number of hydrogen-bond acceptors (Lipinski definition) is 1. The van der Waals surface area contributed by atoms with Crippen molar-refractivity contribution in [2.45, 2.75) is 52.4 Å². The van der Waals surface area contributed by atoms with Crippen LogP contribution < -0.4 is 4.90 Å². The van der Waals surface area contributed by atoms with Crippen LogP contribution in [-0.4, -0.2) is 0 Å². The number of nitrogens with zero attached hydrogens (tertiary/aromatic N) is 1. The van der Waals surface area contributed by atoms with Gasteiger partial charge in [-0.3, -0.25) is 0 Å². The average Bonchev–Trinajstić information content (AvgIpc) is 2.76. The van der Waals surface area contributed by atoms with Gasteiger partial charge in [-0.1, -0.05) is 95.0 Å². The highest BCUT2D eigenvalue weighted by molar-refractivity contribution is 6.43. The lowest BCUT2D eigenvalue weighted by atomic mass is 9.86. The summed E-state index contributed by atoms with van der Waals surface area (Å²) in [6.07, 6.45) is 0. The molecule has 29 heavy (non-hydrogen) atoms. The van der Waals surface area contributed by atoms with Crippen LogP contribution in [0.1, 0.15) is 65.0 Å². The van der Waals surface area contributed by atoms with Crippen LogP contribution in [0.15, 0.2) is 66.5 Å². The number of rotatable bonds is 3. The summed E-state index contributed by atoms with van der Waals surface area (Å²) < 4.78 is 78.6. The van der Waals surface area contributed by atoms with E-state index in [0.29, 0.717) is 0 Å². The number of halogens is 2. The van der Waals surface area contributed by atoms with Gasteiger partial charge in [0, 0.05) is 11.4 Å². The number of hydrogen-bond donors (Lipinski definition) is 0. The Morgan fingerprint density at radius 3 is 1.48 bits per heavy atom. The van der Waals surface area contributed by atoms with Gasteiger partial charge in [0.25, 0.3) is 0 Å². The van der Waals surface area contributed by atoms with Crippen molar-refractivity contribution in [3.8, 4) is 0 Å². The van der Waals surface area contributed by atoms with E-state index in [2.05, 4.69) is 0 Å². The Labute approximate surface area is 197 Å². The highest BCUT2D eigenvalue weighted by Gasteiger charge is 2.20. The molecule has 0 aliphatic heterocycles. The molecule has 152 valence electrons. The van der Waals surface area contributed by atoms with Crippen molar-refractivity contribution < 1.29 is 12.3 Å². The van der Waals surface area contributed by atoms with Crippen LogP contribution in [-0.2, 0) is 10.8 Å². The summed E-state index contributed by atoms with van der Waals surface area (Å²) in [7, 11) is 0. The summed E-state index contributed by atoms with van der Waals surface area (Å²) in [5.74, 6) is 0. The van der Waals surface area contributed by atoms with Gasteiger partial charge >= 0.3 is 0 Å². The third-order valence-electron chi connectivity index (χ3n) is 4.28. The van der Waals surface area contributed by atoms with Crippen molar-refractivity contribution in [2.75, 3.05) is 4.90 Å². The third-order valence-corrected chi connectivity index (χ3v) is 5.07. The molecule has 3 aromatic carbocycles. The highest BCUT2D eigenvalue weighted by Crippen LogP contribution is 2.42. The molecule has 0 aliphatic carbocycles. The molecule has 0 bridgehead atoms. The van der Waals surface area contributed by atoms with Crippen LogP contribution in [0.4, 0.5) is 17.1 Å². The zero-order valence-electron chi connectivity index (χ0n) is 26.4. The molecule has 0 saturated carbocycles. The highest BCUT2D eigenvalue weighted by atomic mass is 35.5. The van der Waals surface area contributed by atoms with Crippen molar-refractivity contribution >= 4 is 40.3 Å². The average molecular weight is 435 g/mol. The Morgan fingerprint density at radius 1 is 0.690 bits per heavy atom. The minimum Gasteiger partial charge on any atom is -0.309 e. The summed E-state index contributed by atoms with van der Waals surface area (Å²) in [6, 6.07) is -0.663. The van der Waals surface area contributed by atoms with Crippen molar-refractivity contribution in [3.05, 3.63) is 87.7 Å². The van der Waals surface area contributed by atoms with E-state index in [1.54, 1.807) is 41.5 Å². The maximum Gasteiger partial charge on any atom is 0.0832 e. The molecule has 3 heteroatoms. The van der Waals surface area contributed by atoms with E-state index in [0.717, 1.165) is 4.90 Å². The van der Waals surface area contributed by atoms with Gasteiger partial charge in [-0.25, -0.2) is 0 Å². The first-order chi connectivity index (χ1) is 17.2. The van der Waals surface area contributed by atoms with Gasteiger partial charge in [-0.05, 0) is 58.3 Å². The van der Waals surface area contributed by atoms with E-state index in [1.807, 2.05) is 0 Å². The van der Waals surface area contributed by atoms with Crippen LogP contribution in [0.3, 0.4) is 0 Å². The van der Waals surface area contributed by atoms with Gasteiger partial charge < -0.3 is 4.90 Å². The van der Waals surface area contributed by atoms with E-state index >= 15 is 0 Å². The normalized spacial score (nSPS) is 16.5. The van der Waals surface area contributed by atoms with Crippen LogP contribution in [0, 0.1) is 0 Å². The van der Waals surface area contributed by atoms with Gasteiger partial charge in [-0.2, -0.15) is 0 Å². The number of benzene rings is 3. The summed E-state index contributed by atoms with van der Waals surface area (Å²) in [6.45, 7) is 10.6. The second kappa shape index (κ2) is 8.05. The molecule has 0 radical (unpaired) electrons. The minimum absolute atomic E-state index is 0.0395. The summed E-state index contributed by atoms with van der Waals surface area (Å²) in [5, 5.41) is -0.154. The first-order valence-electron chi connectivity index (χ1n) is 13.7. The molecule has 0 atom stereocenters. The molecule has 1 nitrogen and oxygen atoms in total. The van der Waals surface area contributed by atoms with Gasteiger partial charge in [0.2, 0.25) is 0 Å². The van der Waals surface area contributed by atoms with Crippen LogP contribution >= 0.6 is 23.2 Å². The molecule has 3 aromatic rings. The molecular weight excluding hydrogens is 397 g/mol. The summed E-state index contributed by atoms with van der Waals surface area (Å²) in [4.78, 5) is 1.06. The molecular formula is C26H29Cl2N. The Bertz CT molecular complexity index is 1320. The van der Waals surface area contributed by atoms with E-state index in [1.165, 1.54) is 12.1 Å². The Morgan fingerprint density at radius 2 is 1.10 bits per heavy atom. The fraction of sp³-hybridized carbons (Fsp3) is 0.308. The smallest absolute Gasteiger partial charge is 0.0832 e. The predicted molar refractivity (Wildman–Crippen MR) is 129 cm³/mol. The maximum atomic E-state index is 8.88. The maximum absolute atomic E-state index is 8.88. The van der Waals surface area contributed by atoms with Crippen molar-refractivity contribution in [2.24, 2.45) is 0 Å². The fourth-order valence-electron chi connectivity index (χ4n) is 2.54. The monoisotopic (exact) mass is 434 g/mol. The molecule has 3 rings (SSSR count). The second-order valence-electron chi connectivity index (χ2n) is 8.79. The SMILES string of the molecule is [2H]c1cc(Cl)c(Cl)c(N(c2c([2H])c([2H])c(C(C)(C)C)c([2H])c2[2H])c2c([2H])c([2H])c(C(C)(C)C)c([2H])c2[2H])c1. The van der Waals surface area contributed by atoms with Crippen LogP contribution in [0.25, 0.3) is 0 Å². The van der Waals surface area contributed by atoms with Gasteiger partial charge in [0.1, 0.15) is 0 Å². The van der Waals surface area contributed by atoms with Gasteiger partial charge in [-0.15, -0.1) is 0 Å². The standard InChI is InChI=1S/C26H29Cl2N/c1-25(2,3)18-10-14-20(15-11-18)29(23-9-7-8-22(27)24(23)28)21-16-12-19(13-17-21)26(4,5)6/h7-17H,1-6H3/i7D,10D,11D,12D,13D,14D,15D,16D,17D. The Kier molecular flexibility index (Phi) is 3.52. The van der Waals surface area contributed by atoms with E-state index in [4.69, 9.17) is 35.5 Å². The molecule has 0 fully saturated rings. The first-order valence-corrected chi connectivity index (χ1v) is 9.96. The second-order valence-corrected chi connectivity index (χ2v) is 9.57. The molecule has 0 heterocycles. The van der Waals surface area contributed by atoms with Crippen molar-refractivity contribution in [1.82, 2.24) is 0 Å². The van der Waals surface area contributed by atoms with Gasteiger partial charge in [0.15, 0.2) is 0 Å². The Hall–Kier alpha value is -1.96. The topological polar surface area (TPSA) is 3.24 Å². The molecule has 0 unspecified atom stereocenters.